The molecule has 2 heterocycles. The third kappa shape index (κ3) is 4.66. The van der Waals surface area contributed by atoms with E-state index in [1.54, 1.807) is 0 Å². The Balaban J connectivity index is 1.64. The van der Waals surface area contributed by atoms with Gasteiger partial charge < -0.3 is 15.3 Å². The van der Waals surface area contributed by atoms with E-state index >= 15 is 0 Å². The molecule has 1 fully saturated rings. The summed E-state index contributed by atoms with van der Waals surface area (Å²) in [6.45, 7) is 1.96. The second-order valence-electron chi connectivity index (χ2n) is 5.73. The fraction of sp³-hybridized carbons (Fsp3) is 0.375. The summed E-state index contributed by atoms with van der Waals surface area (Å²) in [6.07, 6.45) is 3.27. The first-order chi connectivity index (χ1) is 12.1. The van der Waals surface area contributed by atoms with Crippen molar-refractivity contribution in [1.29, 1.82) is 0 Å². The monoisotopic (exact) mass is 361 g/mol. The van der Waals surface area contributed by atoms with Gasteiger partial charge in [-0.25, -0.2) is 9.78 Å². The summed E-state index contributed by atoms with van der Waals surface area (Å²) >= 11 is 0.956. The zero-order chi connectivity index (χ0) is 17.6. The van der Waals surface area contributed by atoms with Crippen LogP contribution in [0, 0.1) is 0 Å². The number of benzene rings is 1. The number of piperidine rings is 1. The van der Waals surface area contributed by atoms with Crippen molar-refractivity contribution in [2.24, 2.45) is 0 Å². The van der Waals surface area contributed by atoms with E-state index in [0.29, 0.717) is 0 Å². The Labute approximate surface area is 149 Å². The Bertz CT molecular complexity index is 758. The minimum atomic E-state index is -1.01. The van der Waals surface area contributed by atoms with Crippen LogP contribution in [-0.2, 0) is 11.2 Å². The fourth-order valence-electron chi connectivity index (χ4n) is 2.75. The Morgan fingerprint density at radius 2 is 1.92 bits per heavy atom. The number of urea groups is 1. The number of hydrogen-bond donors (Lipinski definition) is 3. The smallest absolute Gasteiger partial charge is 0.325 e. The van der Waals surface area contributed by atoms with Crippen LogP contribution in [0.25, 0.3) is 0 Å². The van der Waals surface area contributed by atoms with Crippen LogP contribution in [0.4, 0.5) is 21.3 Å². The predicted octanol–water partition coefficient (Wildman–Crippen LogP) is 2.80. The summed E-state index contributed by atoms with van der Waals surface area (Å²) in [4.78, 5) is 29.1. The van der Waals surface area contributed by atoms with Crippen LogP contribution >= 0.6 is 11.5 Å². The van der Waals surface area contributed by atoms with Crippen molar-refractivity contribution in [3.05, 3.63) is 30.1 Å². The number of hydrogen-bond acceptors (Lipinski definition) is 6. The van der Waals surface area contributed by atoms with Crippen LogP contribution in [0.5, 0.6) is 0 Å². The number of rotatable bonds is 5. The van der Waals surface area contributed by atoms with Gasteiger partial charge in [0.15, 0.2) is 5.82 Å². The van der Waals surface area contributed by atoms with Crippen molar-refractivity contribution >= 4 is 40.0 Å². The molecule has 0 aliphatic carbocycles. The Hall–Kier alpha value is -2.68. The maximum Gasteiger partial charge on any atom is 0.325 e. The third-order valence-electron chi connectivity index (χ3n) is 3.85. The topological polar surface area (TPSA) is 107 Å². The molecule has 1 saturated heterocycles. The molecular weight excluding hydrogens is 342 g/mol. The van der Waals surface area contributed by atoms with Gasteiger partial charge in [0, 0.05) is 24.6 Å². The van der Waals surface area contributed by atoms with Gasteiger partial charge in [0.05, 0.1) is 11.4 Å². The standard InChI is InChI=1S/C16H19N5O3S/c22-14(23)10-13-18-16(25-20-13)19-15(24)17-11-6-2-3-7-12(11)21-8-4-1-5-9-21/h2-3,6-7H,1,4-5,8-10H2,(H,22,23)(H2,17,18,19,20,24). The van der Waals surface area contributed by atoms with Gasteiger partial charge in [-0.3, -0.25) is 10.1 Å². The first-order valence-corrected chi connectivity index (χ1v) is 8.85. The zero-order valence-electron chi connectivity index (χ0n) is 13.6. The van der Waals surface area contributed by atoms with Gasteiger partial charge in [-0.05, 0) is 31.4 Å². The second kappa shape index (κ2) is 7.93. The van der Waals surface area contributed by atoms with Crippen LogP contribution in [0.3, 0.4) is 0 Å². The molecule has 3 rings (SSSR count). The van der Waals surface area contributed by atoms with Crippen molar-refractivity contribution in [2.45, 2.75) is 25.7 Å². The number of amides is 2. The average Bonchev–Trinajstić information content (AvgIpc) is 3.02. The average molecular weight is 361 g/mol. The molecule has 132 valence electrons. The molecule has 0 bridgehead atoms. The van der Waals surface area contributed by atoms with Gasteiger partial charge in [0.2, 0.25) is 5.13 Å². The van der Waals surface area contributed by atoms with Crippen molar-refractivity contribution in [3.63, 3.8) is 0 Å². The number of carboxylic acid groups (broad SMARTS) is 1. The highest BCUT2D eigenvalue weighted by atomic mass is 32.1. The molecule has 1 aliphatic heterocycles. The lowest BCUT2D eigenvalue weighted by molar-refractivity contribution is -0.136. The van der Waals surface area contributed by atoms with Gasteiger partial charge >= 0.3 is 12.0 Å². The second-order valence-corrected chi connectivity index (χ2v) is 6.48. The molecule has 0 spiro atoms. The zero-order valence-corrected chi connectivity index (χ0v) is 14.4. The van der Waals surface area contributed by atoms with Crippen molar-refractivity contribution in [1.82, 2.24) is 9.36 Å². The number of carbonyl (C=O) groups is 2. The summed E-state index contributed by atoms with van der Waals surface area (Å²) in [5.41, 5.74) is 1.73. The van der Waals surface area contributed by atoms with Crippen molar-refractivity contribution < 1.29 is 14.7 Å². The maximum atomic E-state index is 12.2. The largest absolute Gasteiger partial charge is 0.481 e. The molecule has 2 amide bonds. The Kier molecular flexibility index (Phi) is 5.44. The maximum absolute atomic E-state index is 12.2. The molecular formula is C16H19N5O3S. The number of nitrogens with one attached hydrogen (secondary N) is 2. The van der Waals surface area contributed by atoms with Gasteiger partial charge in [-0.15, -0.1) is 0 Å². The number of anilines is 3. The molecule has 1 aromatic heterocycles. The minimum Gasteiger partial charge on any atom is -0.481 e. The molecule has 9 heteroatoms. The molecule has 1 aromatic carbocycles. The molecule has 0 radical (unpaired) electrons. The summed E-state index contributed by atoms with van der Waals surface area (Å²) < 4.78 is 3.91. The SMILES string of the molecule is O=C(O)Cc1nsc(NC(=O)Nc2ccccc2N2CCCCC2)n1. The van der Waals surface area contributed by atoms with Crippen molar-refractivity contribution in [2.75, 3.05) is 28.6 Å². The molecule has 0 unspecified atom stereocenters. The van der Waals surface area contributed by atoms with Crippen LogP contribution in [0.2, 0.25) is 0 Å². The van der Waals surface area contributed by atoms with Gasteiger partial charge in [0.25, 0.3) is 0 Å². The van der Waals surface area contributed by atoms with Crippen LogP contribution < -0.4 is 15.5 Å². The molecule has 0 atom stereocenters. The van der Waals surface area contributed by atoms with E-state index in [4.69, 9.17) is 5.11 Å². The van der Waals surface area contributed by atoms with Gasteiger partial charge in [-0.2, -0.15) is 4.37 Å². The van der Waals surface area contributed by atoms with E-state index in [1.807, 2.05) is 24.3 Å². The highest BCUT2D eigenvalue weighted by molar-refractivity contribution is 7.09. The van der Waals surface area contributed by atoms with E-state index in [0.717, 1.165) is 48.8 Å². The number of para-hydroxylation sites is 2. The molecule has 8 nitrogen and oxygen atoms in total. The third-order valence-corrected chi connectivity index (χ3v) is 4.52. The van der Waals surface area contributed by atoms with E-state index in [-0.39, 0.29) is 17.4 Å². The van der Waals surface area contributed by atoms with E-state index in [2.05, 4.69) is 24.9 Å². The first kappa shape index (κ1) is 17.2. The highest BCUT2D eigenvalue weighted by Gasteiger charge is 2.16. The van der Waals surface area contributed by atoms with E-state index in [1.165, 1.54) is 6.42 Å². The number of aliphatic carboxylic acids is 1. The summed E-state index contributed by atoms with van der Waals surface area (Å²) in [7, 11) is 0. The highest BCUT2D eigenvalue weighted by Crippen LogP contribution is 2.28. The fourth-order valence-corrected chi connectivity index (χ4v) is 3.33. The molecule has 25 heavy (non-hydrogen) atoms. The van der Waals surface area contributed by atoms with Crippen LogP contribution in [-0.4, -0.2) is 39.6 Å². The Morgan fingerprint density at radius 3 is 2.68 bits per heavy atom. The number of carbonyl (C=O) groups excluding carboxylic acids is 1. The number of nitrogens with zero attached hydrogens (tertiary/aromatic N) is 3. The Morgan fingerprint density at radius 1 is 1.16 bits per heavy atom. The number of carboxylic acids is 1. The van der Waals surface area contributed by atoms with E-state index in [9.17, 15) is 9.59 Å². The molecule has 3 N–H and O–H groups in total. The summed E-state index contributed by atoms with van der Waals surface area (Å²) in [5, 5.41) is 14.4. The molecule has 0 saturated carbocycles. The summed E-state index contributed by atoms with van der Waals surface area (Å²) in [6, 6.07) is 7.26. The lowest BCUT2D eigenvalue weighted by Crippen LogP contribution is -2.30. The van der Waals surface area contributed by atoms with Crippen LogP contribution in [0.1, 0.15) is 25.1 Å². The van der Waals surface area contributed by atoms with Gasteiger partial charge in [-0.1, -0.05) is 12.1 Å². The lowest BCUT2D eigenvalue weighted by atomic mass is 10.1. The first-order valence-electron chi connectivity index (χ1n) is 8.08. The minimum absolute atomic E-state index is 0.182. The number of aromatic nitrogens is 2. The van der Waals surface area contributed by atoms with E-state index < -0.39 is 12.0 Å². The predicted molar refractivity (Wildman–Crippen MR) is 96.4 cm³/mol. The quantitative estimate of drug-likeness (QED) is 0.756. The van der Waals surface area contributed by atoms with Crippen LogP contribution in [0.15, 0.2) is 24.3 Å². The van der Waals surface area contributed by atoms with Crippen molar-refractivity contribution in [3.8, 4) is 0 Å². The molecule has 1 aliphatic rings. The van der Waals surface area contributed by atoms with Gasteiger partial charge in [0.1, 0.15) is 6.42 Å². The normalized spacial score (nSPS) is 14.2. The summed E-state index contributed by atoms with van der Waals surface area (Å²) in [5.74, 6) is -0.828. The molecule has 2 aromatic rings. The lowest BCUT2D eigenvalue weighted by Gasteiger charge is -2.30.